The third-order valence-electron chi connectivity index (χ3n) is 1.06. The minimum Gasteiger partial charge on any atom is -0.478 e. The molecule has 0 rings (SSSR count). The fraction of sp³-hybridized carbons (Fsp3) is 0.333. The van der Waals surface area contributed by atoms with Crippen molar-refractivity contribution >= 4 is 11.9 Å². The third kappa shape index (κ3) is 4.97. The molecule has 5 nitrogen and oxygen atoms in total. The number of carboxylic acid groups (broad SMARTS) is 1. The summed E-state index contributed by atoms with van der Waals surface area (Å²) in [5.74, 6) is -2.41. The summed E-state index contributed by atoms with van der Waals surface area (Å²) in [4.78, 5) is 21.4. The van der Waals surface area contributed by atoms with E-state index >= 15 is 0 Å². The van der Waals surface area contributed by atoms with Gasteiger partial charge in [-0.3, -0.25) is 0 Å². The van der Waals surface area contributed by atoms with Gasteiger partial charge in [0, 0.05) is 0 Å². The molecule has 5 heteroatoms. The summed E-state index contributed by atoms with van der Waals surface area (Å²) in [6.45, 7) is 3.45. The maximum atomic E-state index is 11.1. The Kier molecular flexibility index (Phi) is 5.85. The predicted octanol–water partition coefficient (Wildman–Crippen LogP) is 1.07. The van der Waals surface area contributed by atoms with Crippen LogP contribution in [0.2, 0.25) is 0 Å². The monoisotopic (exact) mass is 200 g/mol. The second-order valence-corrected chi connectivity index (χ2v) is 2.15. The Labute approximate surface area is 81.6 Å². The second kappa shape index (κ2) is 6.71. The van der Waals surface area contributed by atoms with Crippen molar-refractivity contribution in [3.8, 4) is 0 Å². The van der Waals surface area contributed by atoms with E-state index in [-0.39, 0.29) is 12.4 Å². The number of ether oxygens (including phenoxy) is 2. The average molecular weight is 200 g/mol. The highest BCUT2D eigenvalue weighted by molar-refractivity contribution is 5.94. The van der Waals surface area contributed by atoms with E-state index in [1.165, 1.54) is 12.3 Å². The molecule has 78 valence electrons. The summed E-state index contributed by atoms with van der Waals surface area (Å²) in [5, 5.41) is 8.41. The van der Waals surface area contributed by atoms with E-state index in [1.54, 1.807) is 13.8 Å². The van der Waals surface area contributed by atoms with Gasteiger partial charge >= 0.3 is 11.9 Å². The molecule has 0 heterocycles. The van der Waals surface area contributed by atoms with Gasteiger partial charge < -0.3 is 14.6 Å². The zero-order valence-corrected chi connectivity index (χ0v) is 8.02. The first-order chi connectivity index (χ1) is 6.61. The van der Waals surface area contributed by atoms with E-state index in [1.807, 2.05) is 0 Å². The molecule has 0 aromatic heterocycles. The summed E-state index contributed by atoms with van der Waals surface area (Å²) >= 11 is 0. The minimum atomic E-state index is -1.27. The Morgan fingerprint density at radius 1 is 1.43 bits per heavy atom. The second-order valence-electron chi connectivity index (χ2n) is 2.15. The lowest BCUT2D eigenvalue weighted by Gasteiger charge is -2.03. The summed E-state index contributed by atoms with van der Waals surface area (Å²) in [5.41, 5.74) is 0. The highest BCUT2D eigenvalue weighted by Gasteiger charge is 2.12. The van der Waals surface area contributed by atoms with Crippen LogP contribution in [0.1, 0.15) is 13.8 Å². The molecule has 0 spiro atoms. The molecule has 14 heavy (non-hydrogen) atoms. The van der Waals surface area contributed by atoms with Crippen LogP contribution in [0.3, 0.4) is 0 Å². The first-order valence-corrected chi connectivity index (χ1v) is 4.01. The molecule has 0 aliphatic rings. The normalized spacial score (nSPS) is 11.4. The van der Waals surface area contributed by atoms with Gasteiger partial charge in [0.15, 0.2) is 0 Å². The molecule has 0 atom stereocenters. The molecule has 0 aliphatic heterocycles. The van der Waals surface area contributed by atoms with Crippen molar-refractivity contribution in [2.24, 2.45) is 0 Å². The van der Waals surface area contributed by atoms with Crippen molar-refractivity contribution in [2.45, 2.75) is 13.8 Å². The summed E-state index contributed by atoms with van der Waals surface area (Å²) < 4.78 is 9.31. The molecule has 0 aromatic carbocycles. The van der Waals surface area contributed by atoms with Gasteiger partial charge in [-0.1, -0.05) is 6.08 Å². The van der Waals surface area contributed by atoms with Crippen LogP contribution in [0, 0.1) is 0 Å². The molecule has 0 amide bonds. The number of hydrogen-bond acceptors (Lipinski definition) is 4. The quantitative estimate of drug-likeness (QED) is 0.408. The maximum Gasteiger partial charge on any atom is 0.374 e. The van der Waals surface area contributed by atoms with Crippen molar-refractivity contribution in [2.75, 3.05) is 6.61 Å². The van der Waals surface area contributed by atoms with Crippen LogP contribution in [0.4, 0.5) is 0 Å². The molecule has 0 bridgehead atoms. The highest BCUT2D eigenvalue weighted by Crippen LogP contribution is 2.01. The van der Waals surface area contributed by atoms with Crippen LogP contribution in [0.25, 0.3) is 0 Å². The third-order valence-corrected chi connectivity index (χ3v) is 1.06. The minimum absolute atomic E-state index is 0.162. The lowest BCUT2D eigenvalue weighted by Crippen LogP contribution is -2.10. The number of aliphatic carboxylic acids is 1. The highest BCUT2D eigenvalue weighted by atomic mass is 16.6. The van der Waals surface area contributed by atoms with Gasteiger partial charge in [0.05, 0.1) is 18.9 Å². The summed E-state index contributed by atoms with van der Waals surface area (Å²) in [6, 6.07) is 0. The number of esters is 1. The van der Waals surface area contributed by atoms with Crippen molar-refractivity contribution in [1.82, 2.24) is 0 Å². The fourth-order valence-corrected chi connectivity index (χ4v) is 0.597. The van der Waals surface area contributed by atoms with Crippen LogP contribution in [0.5, 0.6) is 0 Å². The molecule has 1 N–H and O–H groups in total. The summed E-state index contributed by atoms with van der Waals surface area (Å²) in [7, 11) is 0. The van der Waals surface area contributed by atoms with Gasteiger partial charge in [-0.25, -0.2) is 9.59 Å². The van der Waals surface area contributed by atoms with Crippen molar-refractivity contribution in [3.05, 3.63) is 24.2 Å². The van der Waals surface area contributed by atoms with E-state index < -0.39 is 11.9 Å². The van der Waals surface area contributed by atoms with Crippen LogP contribution >= 0.6 is 0 Å². The molecule has 0 saturated heterocycles. The first-order valence-electron chi connectivity index (χ1n) is 4.01. The Hall–Kier alpha value is -1.78. The SMILES string of the molecule is CC=COC(=CC(=O)O)C(=O)OCC. The van der Waals surface area contributed by atoms with Crippen molar-refractivity contribution in [1.29, 1.82) is 0 Å². The first kappa shape index (κ1) is 12.2. The molecule has 0 unspecified atom stereocenters. The Balaban J connectivity index is 4.54. The number of carbonyl (C=O) groups is 2. The Morgan fingerprint density at radius 3 is 2.50 bits per heavy atom. The van der Waals surface area contributed by atoms with Gasteiger partial charge in [0.1, 0.15) is 0 Å². The topological polar surface area (TPSA) is 72.8 Å². The molecular formula is C9H12O5. The zero-order chi connectivity index (χ0) is 11.0. The van der Waals surface area contributed by atoms with Crippen LogP contribution in [-0.2, 0) is 19.1 Å². The van der Waals surface area contributed by atoms with E-state index in [0.29, 0.717) is 6.08 Å². The molecule has 0 aromatic rings. The largest absolute Gasteiger partial charge is 0.478 e. The molecule has 0 aliphatic carbocycles. The standard InChI is InChI=1S/C9H12O5/c1-3-5-14-7(6-8(10)11)9(12)13-4-2/h3,5-6H,4H2,1-2H3,(H,10,11). The maximum absolute atomic E-state index is 11.1. The van der Waals surface area contributed by atoms with Gasteiger partial charge in [-0.2, -0.15) is 0 Å². The van der Waals surface area contributed by atoms with E-state index in [0.717, 1.165) is 0 Å². The zero-order valence-electron chi connectivity index (χ0n) is 8.02. The van der Waals surface area contributed by atoms with Gasteiger partial charge in [-0.05, 0) is 13.8 Å². The van der Waals surface area contributed by atoms with Gasteiger partial charge in [0.2, 0.25) is 5.76 Å². The molecule has 0 fully saturated rings. The Bertz CT molecular complexity index is 264. The smallest absolute Gasteiger partial charge is 0.374 e. The Morgan fingerprint density at radius 2 is 2.07 bits per heavy atom. The van der Waals surface area contributed by atoms with Crippen molar-refractivity contribution in [3.63, 3.8) is 0 Å². The lowest BCUT2D eigenvalue weighted by molar-refractivity contribution is -0.142. The molecular weight excluding hydrogens is 188 g/mol. The van der Waals surface area contributed by atoms with E-state index in [9.17, 15) is 9.59 Å². The van der Waals surface area contributed by atoms with Gasteiger partial charge in [-0.15, -0.1) is 0 Å². The number of carboxylic acids is 1. The van der Waals surface area contributed by atoms with E-state index in [4.69, 9.17) is 9.84 Å². The van der Waals surface area contributed by atoms with Crippen LogP contribution in [0.15, 0.2) is 24.2 Å². The summed E-state index contributed by atoms with van der Waals surface area (Å²) in [6.07, 6.45) is 3.37. The molecule has 0 radical (unpaired) electrons. The van der Waals surface area contributed by atoms with E-state index in [2.05, 4.69) is 4.74 Å². The fourth-order valence-electron chi connectivity index (χ4n) is 0.597. The van der Waals surface area contributed by atoms with Crippen LogP contribution < -0.4 is 0 Å². The lowest BCUT2D eigenvalue weighted by atomic mass is 10.4. The van der Waals surface area contributed by atoms with Crippen LogP contribution in [-0.4, -0.2) is 23.7 Å². The number of allylic oxidation sites excluding steroid dienone is 1. The number of rotatable bonds is 5. The number of hydrogen-bond donors (Lipinski definition) is 1. The molecule has 0 saturated carbocycles. The van der Waals surface area contributed by atoms with Gasteiger partial charge in [0.25, 0.3) is 0 Å². The average Bonchev–Trinajstić information content (AvgIpc) is 2.12. The predicted molar refractivity (Wildman–Crippen MR) is 48.3 cm³/mol. The number of carbonyl (C=O) groups excluding carboxylic acids is 1. The van der Waals surface area contributed by atoms with Crippen molar-refractivity contribution < 1.29 is 24.2 Å².